The fraction of sp³-hybridized carbons (Fsp3) is 0.360. The first-order valence-electron chi connectivity index (χ1n) is 11.6. The summed E-state index contributed by atoms with van der Waals surface area (Å²) in [6.07, 6.45) is 4.53. The van der Waals surface area contributed by atoms with E-state index in [1.54, 1.807) is 29.0 Å². The lowest BCUT2D eigenvalue weighted by Crippen LogP contribution is -2.45. The molecule has 0 radical (unpaired) electrons. The Morgan fingerprint density at radius 1 is 1.22 bits per heavy atom. The Kier molecular flexibility index (Phi) is 7.76. The van der Waals surface area contributed by atoms with Crippen molar-refractivity contribution < 1.29 is 14.3 Å². The van der Waals surface area contributed by atoms with Crippen LogP contribution in [0.25, 0.3) is 22.2 Å². The van der Waals surface area contributed by atoms with E-state index in [4.69, 9.17) is 26.8 Å². The zero-order valence-electron chi connectivity index (χ0n) is 20.3. The Bertz CT molecular complexity index is 1350. The number of methoxy groups -OCH3 is 2. The van der Waals surface area contributed by atoms with E-state index in [-0.39, 0.29) is 23.5 Å². The molecule has 10 nitrogen and oxygen atoms in total. The van der Waals surface area contributed by atoms with Gasteiger partial charge in [0.15, 0.2) is 0 Å². The van der Waals surface area contributed by atoms with Crippen LogP contribution in [-0.4, -0.2) is 65.2 Å². The molecule has 1 amide bonds. The molecule has 1 saturated heterocycles. The van der Waals surface area contributed by atoms with Gasteiger partial charge in [-0.05, 0) is 31.1 Å². The first-order valence-corrected chi connectivity index (χ1v) is 12.0. The van der Waals surface area contributed by atoms with Crippen LogP contribution in [0, 0.1) is 0 Å². The maximum Gasteiger partial charge on any atom is 0.260 e. The van der Waals surface area contributed by atoms with Crippen LogP contribution >= 0.6 is 11.6 Å². The third-order valence-corrected chi connectivity index (χ3v) is 6.75. The highest BCUT2D eigenvalue weighted by atomic mass is 35.5. The van der Waals surface area contributed by atoms with Crippen molar-refractivity contribution in [3.05, 3.63) is 52.4 Å². The molecule has 3 heterocycles. The minimum absolute atomic E-state index is 0.0863. The topological polar surface area (TPSA) is 125 Å². The van der Waals surface area contributed by atoms with Crippen LogP contribution in [0.3, 0.4) is 0 Å². The molecule has 3 N–H and O–H groups in total. The molecule has 1 aliphatic rings. The van der Waals surface area contributed by atoms with E-state index < -0.39 is 0 Å². The van der Waals surface area contributed by atoms with Gasteiger partial charge in [0.2, 0.25) is 11.9 Å². The number of amides is 1. The Morgan fingerprint density at radius 2 is 1.97 bits per heavy atom. The first-order chi connectivity index (χ1) is 17.3. The molecule has 2 aromatic heterocycles. The van der Waals surface area contributed by atoms with Crippen molar-refractivity contribution in [2.24, 2.45) is 0 Å². The van der Waals surface area contributed by atoms with E-state index >= 15 is 0 Å². The summed E-state index contributed by atoms with van der Waals surface area (Å²) in [4.78, 5) is 36.1. The minimum Gasteiger partial charge on any atom is -0.497 e. The molecule has 0 saturated carbocycles. The second kappa shape index (κ2) is 11.0. The van der Waals surface area contributed by atoms with E-state index in [0.29, 0.717) is 51.8 Å². The van der Waals surface area contributed by atoms with Gasteiger partial charge < -0.3 is 25.4 Å². The molecular weight excluding hydrogens is 484 g/mol. The van der Waals surface area contributed by atoms with Crippen LogP contribution in [0.15, 0.2) is 41.8 Å². The van der Waals surface area contributed by atoms with Crippen molar-refractivity contribution in [3.8, 4) is 22.6 Å². The Labute approximate surface area is 213 Å². The van der Waals surface area contributed by atoms with E-state index in [9.17, 15) is 9.59 Å². The summed E-state index contributed by atoms with van der Waals surface area (Å²) in [5, 5.41) is 3.91. The molecule has 0 spiro atoms. The van der Waals surface area contributed by atoms with Crippen LogP contribution in [0.1, 0.15) is 12.8 Å². The second-order valence-electron chi connectivity index (χ2n) is 8.54. The van der Waals surface area contributed by atoms with Crippen molar-refractivity contribution >= 4 is 34.5 Å². The summed E-state index contributed by atoms with van der Waals surface area (Å²) >= 11 is 6.61. The fourth-order valence-electron chi connectivity index (χ4n) is 4.41. The number of halogens is 1. The molecule has 1 aromatic carbocycles. The number of benzene rings is 1. The molecule has 0 unspecified atom stereocenters. The van der Waals surface area contributed by atoms with Crippen molar-refractivity contribution in [1.82, 2.24) is 24.8 Å². The molecule has 4 rings (SSSR count). The quantitative estimate of drug-likeness (QED) is 0.441. The van der Waals surface area contributed by atoms with Crippen molar-refractivity contribution in [1.29, 1.82) is 0 Å². The van der Waals surface area contributed by atoms with Gasteiger partial charge in [-0.2, -0.15) is 4.98 Å². The minimum atomic E-state index is -0.258. The predicted octanol–water partition coefficient (Wildman–Crippen LogP) is 2.48. The molecule has 36 heavy (non-hydrogen) atoms. The van der Waals surface area contributed by atoms with Crippen LogP contribution < -0.4 is 26.1 Å². The van der Waals surface area contributed by atoms with Gasteiger partial charge in [0.1, 0.15) is 17.1 Å². The molecule has 0 bridgehead atoms. The molecule has 1 fully saturated rings. The highest BCUT2D eigenvalue weighted by molar-refractivity contribution is 6.35. The zero-order valence-corrected chi connectivity index (χ0v) is 21.0. The van der Waals surface area contributed by atoms with Gasteiger partial charge in [0.05, 0.1) is 19.2 Å². The van der Waals surface area contributed by atoms with Gasteiger partial charge in [-0.15, -0.1) is 0 Å². The Hall–Kier alpha value is -3.63. The summed E-state index contributed by atoms with van der Waals surface area (Å²) in [7, 11) is 3.04. The maximum absolute atomic E-state index is 13.8. The van der Waals surface area contributed by atoms with Gasteiger partial charge in [-0.25, -0.2) is 4.98 Å². The summed E-state index contributed by atoms with van der Waals surface area (Å²) in [5.74, 6) is 0.839. The van der Waals surface area contributed by atoms with E-state index in [1.165, 1.54) is 20.3 Å². The van der Waals surface area contributed by atoms with E-state index in [0.717, 1.165) is 25.9 Å². The lowest BCUT2D eigenvalue weighted by molar-refractivity contribution is -0.117. The van der Waals surface area contributed by atoms with Gasteiger partial charge in [-0.1, -0.05) is 18.2 Å². The van der Waals surface area contributed by atoms with Crippen LogP contribution in [0.5, 0.6) is 11.5 Å². The Morgan fingerprint density at radius 3 is 2.64 bits per heavy atom. The number of nitrogens with zero attached hydrogens (tertiary/aromatic N) is 4. The molecule has 1 aliphatic heterocycles. The molecule has 11 heteroatoms. The highest BCUT2D eigenvalue weighted by Gasteiger charge is 2.22. The lowest BCUT2D eigenvalue weighted by atomic mass is 10.0. The molecule has 0 aliphatic carbocycles. The first kappa shape index (κ1) is 25.5. The number of likely N-dealkylation sites (tertiary alicyclic amines) is 1. The lowest BCUT2D eigenvalue weighted by Gasteiger charge is -2.32. The number of piperidine rings is 1. The van der Waals surface area contributed by atoms with Crippen molar-refractivity contribution in [3.63, 3.8) is 0 Å². The molecule has 3 aromatic rings. The summed E-state index contributed by atoms with van der Waals surface area (Å²) in [5.41, 5.74) is 6.92. The Balaban J connectivity index is 1.67. The highest BCUT2D eigenvalue weighted by Crippen LogP contribution is 2.38. The number of ether oxygens (including phenoxy) is 2. The van der Waals surface area contributed by atoms with Gasteiger partial charge in [0.25, 0.3) is 5.56 Å². The van der Waals surface area contributed by atoms with Gasteiger partial charge in [0, 0.05) is 61.0 Å². The predicted molar refractivity (Wildman–Crippen MR) is 140 cm³/mol. The number of carbonyl (C=O) groups is 1. The van der Waals surface area contributed by atoms with Crippen LogP contribution in [-0.2, 0) is 11.3 Å². The van der Waals surface area contributed by atoms with E-state index in [2.05, 4.69) is 26.8 Å². The second-order valence-corrected chi connectivity index (χ2v) is 8.92. The fourth-order valence-corrected chi connectivity index (χ4v) is 4.70. The third-order valence-electron chi connectivity index (χ3n) is 6.36. The number of nitrogens with two attached hydrogens (primary N) is 1. The van der Waals surface area contributed by atoms with Crippen LogP contribution in [0.4, 0.5) is 5.95 Å². The van der Waals surface area contributed by atoms with Gasteiger partial charge >= 0.3 is 0 Å². The smallest absolute Gasteiger partial charge is 0.260 e. The van der Waals surface area contributed by atoms with Crippen LogP contribution in [0.2, 0.25) is 5.02 Å². The number of hydrogen-bond acceptors (Lipinski definition) is 8. The molecule has 190 valence electrons. The number of rotatable bonds is 8. The number of hydrogen-bond donors (Lipinski definition) is 2. The monoisotopic (exact) mass is 512 g/mol. The normalized spacial score (nSPS) is 14.5. The maximum atomic E-state index is 13.8. The average molecular weight is 513 g/mol. The number of carbonyl (C=O) groups excluding carboxylic acids is 1. The number of nitrogen functional groups attached to an aromatic ring is 1. The summed E-state index contributed by atoms with van der Waals surface area (Å²) < 4.78 is 12.4. The van der Waals surface area contributed by atoms with Gasteiger partial charge in [-0.3, -0.25) is 14.2 Å². The van der Waals surface area contributed by atoms with Crippen molar-refractivity contribution in [2.45, 2.75) is 25.4 Å². The largest absolute Gasteiger partial charge is 0.497 e. The molecular formula is C25H29ClN6O4. The average Bonchev–Trinajstić information content (AvgIpc) is 2.89. The van der Waals surface area contributed by atoms with Crippen molar-refractivity contribution in [2.75, 3.05) is 39.6 Å². The summed E-state index contributed by atoms with van der Waals surface area (Å²) in [6.45, 7) is 6.11. The summed E-state index contributed by atoms with van der Waals surface area (Å²) in [6, 6.07) is 5.20. The molecule has 0 atom stereocenters. The number of anilines is 1. The van der Waals surface area contributed by atoms with E-state index in [1.807, 2.05) is 0 Å². The standard InChI is InChI=1S/C25H29ClN6O4/c1-4-21(33)29-16-5-7-31(8-6-16)9-10-32-23-15(14-28-25(27)30-23)11-19(24(32)34)18-12-17(35-2)13-20(36-3)22(18)26/h4,11-14,16H,1,5-10H2,2-3H3,(H,29,33)(H2,27,28,30). The number of fused-ring (bicyclic) bond motifs is 1. The number of nitrogens with one attached hydrogen (secondary N) is 1. The zero-order chi connectivity index (χ0) is 25.8. The third kappa shape index (κ3) is 5.29. The number of pyridine rings is 1. The number of aromatic nitrogens is 3. The SMILES string of the molecule is C=CC(=O)NC1CCN(CCn2c(=O)c(-c3cc(OC)cc(OC)c3Cl)cc3cnc(N)nc32)CC1.